The first-order valence-electron chi connectivity index (χ1n) is 6.73. The van der Waals surface area contributed by atoms with Crippen LogP contribution in [0.25, 0.3) is 10.4 Å². The van der Waals surface area contributed by atoms with E-state index in [1.807, 2.05) is 20.0 Å². The second-order valence-corrected chi connectivity index (χ2v) is 6.35. The van der Waals surface area contributed by atoms with Gasteiger partial charge in [-0.15, -0.1) is 11.3 Å². The Morgan fingerprint density at radius 1 is 1.26 bits per heavy atom. The lowest BCUT2D eigenvalue weighted by molar-refractivity contribution is 0.537. The maximum absolute atomic E-state index is 14.0. The molecule has 3 rings (SSSR count). The highest BCUT2D eigenvalue weighted by Gasteiger charge is 2.32. The molecule has 1 aliphatic carbocycles. The number of thiophene rings is 1. The predicted octanol–water partition coefficient (Wildman–Crippen LogP) is 4.53. The third-order valence-electron chi connectivity index (χ3n) is 3.81. The summed E-state index contributed by atoms with van der Waals surface area (Å²) in [6, 6.07) is 9.91. The Hall–Kier alpha value is -1.19. The zero-order valence-electron chi connectivity index (χ0n) is 11.2. The minimum Gasteiger partial charge on any atom is -0.312 e. The molecule has 1 heterocycles. The topological polar surface area (TPSA) is 12.0 Å². The van der Waals surface area contributed by atoms with Gasteiger partial charge in [0.1, 0.15) is 5.82 Å². The van der Waals surface area contributed by atoms with E-state index in [9.17, 15) is 4.39 Å². The van der Waals surface area contributed by atoms with Crippen molar-refractivity contribution in [2.45, 2.75) is 25.8 Å². The summed E-state index contributed by atoms with van der Waals surface area (Å²) in [5, 5.41) is 3.39. The summed E-state index contributed by atoms with van der Waals surface area (Å²) in [6.45, 7) is 1.97. The largest absolute Gasteiger partial charge is 0.312 e. The van der Waals surface area contributed by atoms with Crippen molar-refractivity contribution in [3.8, 4) is 10.4 Å². The molecule has 100 valence electrons. The second kappa shape index (κ2) is 5.06. The molecule has 1 saturated carbocycles. The van der Waals surface area contributed by atoms with Crippen LogP contribution in [-0.2, 0) is 0 Å². The molecule has 1 atom stereocenters. The normalized spacial score (nSPS) is 16.6. The zero-order chi connectivity index (χ0) is 13.4. The summed E-state index contributed by atoms with van der Waals surface area (Å²) in [4.78, 5) is 2.36. The number of aryl methyl sites for hydroxylation is 1. The van der Waals surface area contributed by atoms with Crippen molar-refractivity contribution in [2.24, 2.45) is 5.92 Å². The Bertz CT molecular complexity index is 566. The van der Waals surface area contributed by atoms with Crippen molar-refractivity contribution in [3.05, 3.63) is 46.6 Å². The van der Waals surface area contributed by atoms with E-state index >= 15 is 0 Å². The second-order valence-electron chi connectivity index (χ2n) is 5.24. The van der Waals surface area contributed by atoms with E-state index in [1.165, 1.54) is 23.8 Å². The predicted molar refractivity (Wildman–Crippen MR) is 79.0 cm³/mol. The fraction of sp³-hybridized carbons (Fsp3) is 0.375. The fourth-order valence-electron chi connectivity index (χ4n) is 2.64. The molecule has 2 aromatic rings. The number of hydrogen-bond donors (Lipinski definition) is 1. The van der Waals surface area contributed by atoms with Crippen LogP contribution in [0.15, 0.2) is 30.3 Å². The Labute approximate surface area is 117 Å². The molecule has 0 spiro atoms. The van der Waals surface area contributed by atoms with Crippen LogP contribution in [0.2, 0.25) is 0 Å². The maximum atomic E-state index is 14.0. The number of halogens is 1. The molecular formula is C16H18FNS. The van der Waals surface area contributed by atoms with Gasteiger partial charge < -0.3 is 5.32 Å². The smallest absolute Gasteiger partial charge is 0.132 e. The van der Waals surface area contributed by atoms with E-state index in [0.29, 0.717) is 6.04 Å². The van der Waals surface area contributed by atoms with Crippen LogP contribution in [-0.4, -0.2) is 7.05 Å². The van der Waals surface area contributed by atoms with Crippen molar-refractivity contribution < 1.29 is 4.39 Å². The molecular weight excluding hydrogens is 257 g/mol. The van der Waals surface area contributed by atoms with Gasteiger partial charge in [-0.3, -0.25) is 0 Å². The molecule has 0 bridgehead atoms. The van der Waals surface area contributed by atoms with Gasteiger partial charge >= 0.3 is 0 Å². The number of benzene rings is 1. The van der Waals surface area contributed by atoms with Gasteiger partial charge in [0.15, 0.2) is 0 Å². The van der Waals surface area contributed by atoms with E-state index in [4.69, 9.17) is 0 Å². The fourth-order valence-corrected chi connectivity index (χ4v) is 3.96. The highest BCUT2D eigenvalue weighted by atomic mass is 32.1. The first-order valence-corrected chi connectivity index (χ1v) is 7.55. The lowest BCUT2D eigenvalue weighted by Gasteiger charge is -2.12. The van der Waals surface area contributed by atoms with E-state index in [1.54, 1.807) is 17.4 Å². The van der Waals surface area contributed by atoms with Crippen LogP contribution in [0.3, 0.4) is 0 Å². The molecule has 1 aliphatic rings. The molecule has 1 aromatic carbocycles. The minimum absolute atomic E-state index is 0.124. The molecule has 1 N–H and O–H groups in total. The maximum Gasteiger partial charge on any atom is 0.132 e. The van der Waals surface area contributed by atoms with Crippen molar-refractivity contribution in [2.75, 3.05) is 7.05 Å². The standard InChI is InChI=1S/C16H18FNS/c1-10-4-3-5-12(17)15(10)13-8-9-14(19-13)16(18-2)11-6-7-11/h3-5,8-9,11,16,18H,6-7H2,1-2H3. The first-order chi connectivity index (χ1) is 9.20. The van der Waals surface area contributed by atoms with Crippen molar-refractivity contribution >= 4 is 11.3 Å². The molecule has 0 radical (unpaired) electrons. The average Bonchev–Trinajstić information content (AvgIpc) is 3.10. The summed E-state index contributed by atoms with van der Waals surface area (Å²) in [6.07, 6.45) is 2.61. The van der Waals surface area contributed by atoms with E-state index < -0.39 is 0 Å². The number of hydrogen-bond acceptors (Lipinski definition) is 2. The van der Waals surface area contributed by atoms with Crippen LogP contribution in [0, 0.1) is 18.7 Å². The van der Waals surface area contributed by atoms with Gasteiger partial charge in [-0.2, -0.15) is 0 Å². The summed E-state index contributed by atoms with van der Waals surface area (Å²) in [5.41, 5.74) is 1.75. The average molecular weight is 275 g/mol. The Morgan fingerprint density at radius 3 is 2.68 bits per heavy atom. The number of rotatable bonds is 4. The zero-order valence-corrected chi connectivity index (χ0v) is 12.1. The Balaban J connectivity index is 1.96. The van der Waals surface area contributed by atoms with Crippen molar-refractivity contribution in [1.82, 2.24) is 5.32 Å². The molecule has 0 amide bonds. The summed E-state index contributed by atoms with van der Waals surface area (Å²) >= 11 is 1.71. The van der Waals surface area contributed by atoms with Gasteiger partial charge in [-0.1, -0.05) is 12.1 Å². The van der Waals surface area contributed by atoms with Crippen LogP contribution < -0.4 is 5.32 Å². The SMILES string of the molecule is CNC(c1ccc(-c2c(C)cccc2F)s1)C1CC1. The van der Waals surface area contributed by atoms with Gasteiger partial charge in [0.05, 0.1) is 0 Å². The molecule has 0 saturated heterocycles. The third kappa shape index (κ3) is 2.45. The monoisotopic (exact) mass is 275 g/mol. The molecule has 19 heavy (non-hydrogen) atoms. The number of nitrogens with one attached hydrogen (secondary N) is 1. The van der Waals surface area contributed by atoms with Crippen molar-refractivity contribution in [3.63, 3.8) is 0 Å². The minimum atomic E-state index is -0.124. The highest BCUT2D eigenvalue weighted by Crippen LogP contribution is 2.44. The van der Waals surface area contributed by atoms with Crippen LogP contribution in [0.1, 0.15) is 29.3 Å². The summed E-state index contributed by atoms with van der Waals surface area (Å²) in [5.74, 6) is 0.638. The Morgan fingerprint density at radius 2 is 2.05 bits per heavy atom. The molecule has 1 fully saturated rings. The van der Waals surface area contributed by atoms with E-state index in [2.05, 4.69) is 17.4 Å². The summed E-state index contributed by atoms with van der Waals surface area (Å²) in [7, 11) is 2.01. The lowest BCUT2D eigenvalue weighted by atomic mass is 10.1. The molecule has 1 aromatic heterocycles. The van der Waals surface area contributed by atoms with Gasteiger partial charge in [-0.05, 0) is 56.5 Å². The van der Waals surface area contributed by atoms with E-state index in [-0.39, 0.29) is 5.82 Å². The van der Waals surface area contributed by atoms with Gasteiger partial charge in [0.25, 0.3) is 0 Å². The first kappa shape index (κ1) is 12.8. The molecule has 1 nitrogen and oxygen atoms in total. The summed E-state index contributed by atoms with van der Waals surface area (Å²) < 4.78 is 14.0. The molecule has 0 aliphatic heterocycles. The lowest BCUT2D eigenvalue weighted by Crippen LogP contribution is -2.16. The van der Waals surface area contributed by atoms with Crippen LogP contribution in [0.4, 0.5) is 4.39 Å². The quantitative estimate of drug-likeness (QED) is 0.864. The Kier molecular flexibility index (Phi) is 3.42. The molecule has 1 unspecified atom stereocenters. The van der Waals surface area contributed by atoms with Crippen LogP contribution in [0.5, 0.6) is 0 Å². The van der Waals surface area contributed by atoms with E-state index in [0.717, 1.165) is 21.9 Å². The van der Waals surface area contributed by atoms with Gasteiger partial charge in [-0.25, -0.2) is 4.39 Å². The van der Waals surface area contributed by atoms with Gasteiger partial charge in [0.2, 0.25) is 0 Å². The van der Waals surface area contributed by atoms with Gasteiger partial charge in [0, 0.05) is 21.4 Å². The molecule has 3 heteroatoms. The van der Waals surface area contributed by atoms with Crippen LogP contribution >= 0.6 is 11.3 Å². The van der Waals surface area contributed by atoms with Crippen molar-refractivity contribution in [1.29, 1.82) is 0 Å². The third-order valence-corrected chi connectivity index (χ3v) is 4.99. The highest BCUT2D eigenvalue weighted by molar-refractivity contribution is 7.15.